The number of ether oxygens (including phenoxy) is 3. The van der Waals surface area contributed by atoms with Gasteiger partial charge in [0.2, 0.25) is 0 Å². The molecule has 39 heavy (non-hydrogen) atoms. The maximum atomic E-state index is 12.3. The van der Waals surface area contributed by atoms with Crippen molar-refractivity contribution in [2.24, 2.45) is 5.92 Å². The van der Waals surface area contributed by atoms with Gasteiger partial charge in [-0.1, -0.05) is 12.1 Å². The second-order valence-corrected chi connectivity index (χ2v) is 9.85. The highest BCUT2D eigenvalue weighted by Gasteiger charge is 2.32. The molecule has 2 aliphatic rings. The van der Waals surface area contributed by atoms with Crippen LogP contribution in [0.15, 0.2) is 54.7 Å². The van der Waals surface area contributed by atoms with Crippen LogP contribution >= 0.6 is 0 Å². The Bertz CT molecular complexity index is 1230. The number of benzene rings is 2. The maximum absolute atomic E-state index is 12.3. The summed E-state index contributed by atoms with van der Waals surface area (Å²) in [5.74, 6) is 0.950. The molecule has 2 aromatic carbocycles. The zero-order valence-corrected chi connectivity index (χ0v) is 21.2. The van der Waals surface area contributed by atoms with Crippen molar-refractivity contribution in [1.29, 1.82) is 0 Å². The molecule has 0 N–H and O–H groups in total. The number of rotatable bonds is 10. The molecule has 1 saturated heterocycles. The summed E-state index contributed by atoms with van der Waals surface area (Å²) < 4.78 is 53.9. The van der Waals surface area contributed by atoms with Crippen molar-refractivity contribution in [3.63, 3.8) is 0 Å². The number of imidazole rings is 1. The first-order valence-corrected chi connectivity index (χ1v) is 12.9. The summed E-state index contributed by atoms with van der Waals surface area (Å²) in [6.45, 7) is 2.71. The Labute approximate surface area is 223 Å². The molecule has 5 rings (SSSR count). The minimum absolute atomic E-state index is 0.190. The van der Waals surface area contributed by atoms with E-state index in [1.807, 2.05) is 24.3 Å². The Hall–Kier alpha value is -3.96. The van der Waals surface area contributed by atoms with Crippen molar-refractivity contribution < 1.29 is 32.3 Å². The van der Waals surface area contributed by atoms with Crippen molar-refractivity contribution in [2.45, 2.75) is 51.1 Å². The van der Waals surface area contributed by atoms with Crippen LogP contribution in [0.1, 0.15) is 31.2 Å². The third kappa shape index (κ3) is 7.12. The molecule has 0 bridgehead atoms. The average Bonchev–Trinajstić information content (AvgIpc) is 3.48. The molecule has 2 aliphatic heterocycles. The van der Waals surface area contributed by atoms with Crippen LogP contribution in [0.2, 0.25) is 0 Å². The van der Waals surface area contributed by atoms with Gasteiger partial charge in [-0.15, -0.1) is 13.2 Å². The molecule has 12 heteroatoms. The first-order chi connectivity index (χ1) is 18.7. The number of hydrogen-bond acceptors (Lipinski definition) is 7. The van der Waals surface area contributed by atoms with E-state index in [1.54, 1.807) is 16.7 Å². The van der Waals surface area contributed by atoms with Gasteiger partial charge in [0.25, 0.3) is 0 Å². The summed E-state index contributed by atoms with van der Waals surface area (Å²) in [7, 11) is 0. The molecule has 0 unspecified atom stereocenters. The number of anilines is 1. The summed E-state index contributed by atoms with van der Waals surface area (Å²) in [5.41, 5.74) is 2.16. The van der Waals surface area contributed by atoms with Gasteiger partial charge in [-0.2, -0.15) is 0 Å². The molecule has 0 saturated carbocycles. The van der Waals surface area contributed by atoms with Gasteiger partial charge < -0.3 is 29.2 Å². The summed E-state index contributed by atoms with van der Waals surface area (Å²) in [4.78, 5) is 16.5. The van der Waals surface area contributed by atoms with Crippen LogP contribution in [0.25, 0.3) is 0 Å². The first kappa shape index (κ1) is 26.6. The van der Waals surface area contributed by atoms with E-state index in [0.717, 1.165) is 62.2 Å². The minimum atomic E-state index is -4.67. The van der Waals surface area contributed by atoms with Crippen LogP contribution in [0.3, 0.4) is 0 Å². The van der Waals surface area contributed by atoms with E-state index in [9.17, 15) is 23.3 Å². The number of nitrogens with zero attached hydrogens (tertiary/aromatic N) is 4. The van der Waals surface area contributed by atoms with E-state index in [1.165, 1.54) is 18.3 Å². The van der Waals surface area contributed by atoms with Crippen molar-refractivity contribution in [3.8, 4) is 17.5 Å². The fraction of sp³-hybridized carbons (Fsp3) is 0.444. The summed E-state index contributed by atoms with van der Waals surface area (Å²) in [5, 5.41) is 10.8. The zero-order chi connectivity index (χ0) is 27.4. The zero-order valence-electron chi connectivity index (χ0n) is 21.2. The Balaban J connectivity index is 0.996. The second-order valence-electron chi connectivity index (χ2n) is 9.85. The van der Waals surface area contributed by atoms with Gasteiger partial charge in [0.15, 0.2) is 6.10 Å². The second kappa shape index (κ2) is 11.4. The van der Waals surface area contributed by atoms with E-state index in [2.05, 4.69) is 14.6 Å². The van der Waals surface area contributed by atoms with E-state index < -0.39 is 11.3 Å². The lowest BCUT2D eigenvalue weighted by Gasteiger charge is -2.33. The number of halogens is 3. The molecule has 0 aliphatic carbocycles. The van der Waals surface area contributed by atoms with Crippen LogP contribution in [-0.2, 0) is 13.0 Å². The van der Waals surface area contributed by atoms with Crippen LogP contribution in [-0.4, -0.2) is 46.6 Å². The average molecular weight is 547 g/mol. The summed E-state index contributed by atoms with van der Waals surface area (Å²) >= 11 is 0. The highest BCUT2D eigenvalue weighted by atomic mass is 19.4. The van der Waals surface area contributed by atoms with Crippen molar-refractivity contribution in [1.82, 2.24) is 9.55 Å². The van der Waals surface area contributed by atoms with Crippen molar-refractivity contribution in [2.75, 3.05) is 24.6 Å². The lowest BCUT2D eigenvalue weighted by Crippen LogP contribution is -2.33. The molecule has 1 aromatic heterocycles. The molecule has 1 fully saturated rings. The van der Waals surface area contributed by atoms with E-state index in [4.69, 9.17) is 9.47 Å². The summed E-state index contributed by atoms with van der Waals surface area (Å²) in [6.07, 6.45) is 1.57. The Morgan fingerprint density at radius 2 is 1.74 bits per heavy atom. The monoisotopic (exact) mass is 546 g/mol. The molecule has 0 amide bonds. The van der Waals surface area contributed by atoms with Crippen molar-refractivity contribution >= 4 is 11.5 Å². The van der Waals surface area contributed by atoms with Crippen molar-refractivity contribution in [3.05, 3.63) is 70.4 Å². The molecule has 0 radical (unpaired) electrons. The summed E-state index contributed by atoms with van der Waals surface area (Å²) in [6, 6.07) is 14.3. The lowest BCUT2D eigenvalue weighted by molar-refractivity contribution is -0.389. The minimum Gasteiger partial charge on any atom is -0.490 e. The molecule has 9 nitrogen and oxygen atoms in total. The number of hydrogen-bond donors (Lipinski definition) is 0. The highest BCUT2D eigenvalue weighted by molar-refractivity contribution is 5.49. The first-order valence-electron chi connectivity index (χ1n) is 12.9. The van der Waals surface area contributed by atoms with Crippen LogP contribution in [0, 0.1) is 16.0 Å². The SMILES string of the molecule is O=[N+]([O-])c1cn2c(n1)O[C@H](COc1ccc(N3CCC(CCCc4ccc(OC(F)(F)F)cc4)CC3)cc1)C2. The standard InChI is InChI=1S/C27H29F3N4O5/c28-27(29,30)39-23-8-4-19(5-9-23)2-1-3-20-12-14-32(15-13-20)21-6-10-22(11-7-21)37-18-24-16-33-17-25(34(35)36)31-26(33)38-24/h4-11,17,20,24H,1-3,12-16,18H2/t24-/m0/s1. The largest absolute Gasteiger partial charge is 0.573 e. The fourth-order valence-electron chi connectivity index (χ4n) is 5.07. The normalized spacial score (nSPS) is 17.5. The quantitative estimate of drug-likeness (QED) is 0.236. The fourth-order valence-corrected chi connectivity index (χ4v) is 5.07. The number of alkyl halides is 3. The highest BCUT2D eigenvalue weighted by Crippen LogP contribution is 2.29. The van der Waals surface area contributed by atoms with E-state index in [-0.39, 0.29) is 23.7 Å². The molecule has 208 valence electrons. The van der Waals surface area contributed by atoms with Gasteiger partial charge in [-0.3, -0.25) is 4.57 Å². The molecule has 1 atom stereocenters. The molecule has 3 aromatic rings. The number of aromatic nitrogens is 2. The van der Waals surface area contributed by atoms with Gasteiger partial charge >= 0.3 is 18.2 Å². The number of aryl methyl sites for hydroxylation is 1. The molecular formula is C27H29F3N4O5. The predicted octanol–water partition coefficient (Wildman–Crippen LogP) is 5.77. The van der Waals surface area contributed by atoms with Crippen LogP contribution < -0.4 is 19.1 Å². The molecule has 0 spiro atoms. The van der Waals surface area contributed by atoms with Gasteiger partial charge in [0, 0.05) is 23.8 Å². The smallest absolute Gasteiger partial charge is 0.490 e. The molecule has 3 heterocycles. The predicted molar refractivity (Wildman–Crippen MR) is 136 cm³/mol. The molecular weight excluding hydrogens is 517 g/mol. The van der Waals surface area contributed by atoms with Gasteiger partial charge in [0.1, 0.15) is 24.3 Å². The van der Waals surface area contributed by atoms with Gasteiger partial charge in [-0.05, 0) is 84.9 Å². The Kier molecular flexibility index (Phi) is 7.80. The van der Waals surface area contributed by atoms with Crippen LogP contribution in [0.5, 0.6) is 17.5 Å². The van der Waals surface area contributed by atoms with Crippen LogP contribution in [0.4, 0.5) is 24.7 Å². The number of nitro groups is 1. The maximum Gasteiger partial charge on any atom is 0.573 e. The topological polar surface area (TPSA) is 91.9 Å². The lowest BCUT2D eigenvalue weighted by atomic mass is 9.90. The third-order valence-corrected chi connectivity index (χ3v) is 7.07. The van der Waals surface area contributed by atoms with E-state index in [0.29, 0.717) is 19.1 Å². The Morgan fingerprint density at radius 3 is 2.38 bits per heavy atom. The number of piperidine rings is 1. The van der Waals surface area contributed by atoms with Gasteiger partial charge in [-0.25, -0.2) is 0 Å². The number of fused-ring (bicyclic) bond motifs is 1. The third-order valence-electron chi connectivity index (χ3n) is 7.07. The van der Waals surface area contributed by atoms with Gasteiger partial charge in [0.05, 0.1) is 6.54 Å². The Morgan fingerprint density at radius 1 is 1.05 bits per heavy atom. The van der Waals surface area contributed by atoms with E-state index >= 15 is 0 Å².